The maximum absolute atomic E-state index is 15.3. The van der Waals surface area contributed by atoms with Crippen molar-refractivity contribution in [2.75, 3.05) is 15.8 Å². The number of ketones is 1. The number of carbonyl (C=O) groups excluding carboxylic acids is 1. The number of halogens is 2. The molecule has 0 spiro atoms. The van der Waals surface area contributed by atoms with Crippen LogP contribution in [-0.4, -0.2) is 45.1 Å². The van der Waals surface area contributed by atoms with Gasteiger partial charge in [0.2, 0.25) is 27.6 Å². The van der Waals surface area contributed by atoms with E-state index < -0.39 is 38.7 Å². The number of sulfonamides is 1. The number of nitrogens with zero attached hydrogens (tertiary/aromatic N) is 4. The highest BCUT2D eigenvalue weighted by Crippen LogP contribution is 2.32. The highest BCUT2D eigenvalue weighted by molar-refractivity contribution is 7.92. The summed E-state index contributed by atoms with van der Waals surface area (Å²) in [6.07, 6.45) is 2.80. The second-order valence-electron chi connectivity index (χ2n) is 8.51. The average Bonchev–Trinajstić information content (AvgIpc) is 3.53. The SMILES string of the molecule is CCCS(=O)(=O)Nc1ccc(F)c(C(=O)c2c[nH]c3ncnc(Nc4cccc(-c5nnc(C)o5)c4)c23)c1F. The lowest BCUT2D eigenvalue weighted by atomic mass is 10.0. The Morgan fingerprint density at radius 2 is 1.95 bits per heavy atom. The molecule has 3 N–H and O–H groups in total. The van der Waals surface area contributed by atoms with Crippen molar-refractivity contribution in [2.45, 2.75) is 20.3 Å². The van der Waals surface area contributed by atoms with Crippen LogP contribution in [-0.2, 0) is 10.0 Å². The van der Waals surface area contributed by atoms with Crippen molar-refractivity contribution in [3.63, 3.8) is 0 Å². The first kappa shape index (κ1) is 25.9. The van der Waals surface area contributed by atoms with E-state index in [4.69, 9.17) is 4.42 Å². The highest BCUT2D eigenvalue weighted by atomic mass is 32.2. The Balaban J connectivity index is 1.54. The van der Waals surface area contributed by atoms with E-state index in [1.54, 1.807) is 38.1 Å². The second kappa shape index (κ2) is 10.2. The number of anilines is 3. The van der Waals surface area contributed by atoms with Crippen LogP contribution in [0.1, 0.15) is 35.2 Å². The predicted octanol–water partition coefficient (Wildman–Crippen LogP) is 4.72. The largest absolute Gasteiger partial charge is 0.421 e. The van der Waals surface area contributed by atoms with E-state index in [-0.39, 0.29) is 34.6 Å². The van der Waals surface area contributed by atoms with Crippen LogP contribution in [0.25, 0.3) is 22.5 Å². The molecule has 0 aliphatic rings. The Kier molecular flexibility index (Phi) is 6.78. The van der Waals surface area contributed by atoms with Crippen molar-refractivity contribution >= 4 is 44.0 Å². The third-order valence-corrected chi connectivity index (χ3v) is 7.15. The third-order valence-electron chi connectivity index (χ3n) is 5.67. The minimum Gasteiger partial charge on any atom is -0.421 e. The van der Waals surface area contributed by atoms with Gasteiger partial charge in [-0.25, -0.2) is 27.2 Å². The van der Waals surface area contributed by atoms with Gasteiger partial charge in [0.05, 0.1) is 28.0 Å². The number of aromatic amines is 1. The molecule has 0 saturated carbocycles. The molecule has 39 heavy (non-hydrogen) atoms. The second-order valence-corrected chi connectivity index (χ2v) is 10.4. The van der Waals surface area contributed by atoms with Crippen molar-refractivity contribution in [1.82, 2.24) is 25.1 Å². The monoisotopic (exact) mass is 553 g/mol. The lowest BCUT2D eigenvalue weighted by molar-refractivity contribution is 0.103. The quantitative estimate of drug-likeness (QED) is 0.220. The van der Waals surface area contributed by atoms with Crippen LogP contribution in [0.3, 0.4) is 0 Å². The summed E-state index contributed by atoms with van der Waals surface area (Å²) >= 11 is 0. The van der Waals surface area contributed by atoms with Gasteiger partial charge in [-0.05, 0) is 36.8 Å². The summed E-state index contributed by atoms with van der Waals surface area (Å²) in [5.41, 5.74) is -0.162. The van der Waals surface area contributed by atoms with E-state index >= 15 is 4.39 Å². The molecule has 0 bridgehead atoms. The molecule has 0 unspecified atom stereocenters. The number of aromatic nitrogens is 5. The molecule has 3 aromatic heterocycles. The number of hydrogen-bond acceptors (Lipinski definition) is 9. The number of carbonyl (C=O) groups is 1. The van der Waals surface area contributed by atoms with Crippen LogP contribution in [0.5, 0.6) is 0 Å². The zero-order valence-corrected chi connectivity index (χ0v) is 21.4. The fraction of sp³-hybridized carbons (Fsp3) is 0.160. The highest BCUT2D eigenvalue weighted by Gasteiger charge is 2.27. The molecule has 0 radical (unpaired) electrons. The Morgan fingerprint density at radius 3 is 2.69 bits per heavy atom. The topological polar surface area (TPSA) is 156 Å². The fourth-order valence-corrected chi connectivity index (χ4v) is 5.11. The number of H-pyrrole nitrogens is 1. The van der Waals surface area contributed by atoms with Crippen molar-refractivity contribution in [1.29, 1.82) is 0 Å². The molecule has 0 atom stereocenters. The lowest BCUT2D eigenvalue weighted by Crippen LogP contribution is -2.18. The van der Waals surface area contributed by atoms with Gasteiger partial charge in [-0.1, -0.05) is 13.0 Å². The smallest absolute Gasteiger partial charge is 0.247 e. The van der Waals surface area contributed by atoms with E-state index in [1.165, 1.54) is 12.5 Å². The molecule has 11 nitrogen and oxygen atoms in total. The van der Waals surface area contributed by atoms with Gasteiger partial charge in [0, 0.05) is 24.4 Å². The van der Waals surface area contributed by atoms with E-state index in [1.807, 2.05) is 0 Å². The molecule has 0 saturated heterocycles. The average molecular weight is 554 g/mol. The molecular weight excluding hydrogens is 532 g/mol. The van der Waals surface area contributed by atoms with Gasteiger partial charge in [0.15, 0.2) is 5.82 Å². The van der Waals surface area contributed by atoms with Crippen molar-refractivity contribution in [3.8, 4) is 11.5 Å². The molecule has 0 amide bonds. The van der Waals surface area contributed by atoms with Crippen molar-refractivity contribution in [3.05, 3.63) is 77.6 Å². The summed E-state index contributed by atoms with van der Waals surface area (Å²) in [5.74, 6) is -2.89. The number of fused-ring (bicyclic) bond motifs is 1. The normalized spacial score (nSPS) is 11.6. The first-order valence-corrected chi connectivity index (χ1v) is 13.3. The summed E-state index contributed by atoms with van der Waals surface area (Å²) in [7, 11) is -3.89. The minimum atomic E-state index is -3.89. The number of benzene rings is 2. The van der Waals surface area contributed by atoms with Crippen molar-refractivity contribution < 1.29 is 26.4 Å². The summed E-state index contributed by atoms with van der Waals surface area (Å²) in [6.45, 7) is 3.31. The van der Waals surface area contributed by atoms with Gasteiger partial charge >= 0.3 is 0 Å². The van der Waals surface area contributed by atoms with Crippen LogP contribution in [0.2, 0.25) is 0 Å². The number of nitrogens with one attached hydrogen (secondary N) is 3. The summed E-state index contributed by atoms with van der Waals surface area (Å²) in [5, 5.41) is 11.1. The Morgan fingerprint density at radius 1 is 1.13 bits per heavy atom. The van der Waals surface area contributed by atoms with E-state index in [0.29, 0.717) is 23.0 Å². The molecule has 3 heterocycles. The van der Waals surface area contributed by atoms with Gasteiger partial charge < -0.3 is 14.7 Å². The zero-order chi connectivity index (χ0) is 27.7. The minimum absolute atomic E-state index is 0.122. The van der Waals surface area contributed by atoms with Crippen molar-refractivity contribution in [2.24, 2.45) is 0 Å². The van der Waals surface area contributed by atoms with Gasteiger partial charge in [-0.3, -0.25) is 9.52 Å². The van der Waals surface area contributed by atoms with Crippen LogP contribution < -0.4 is 10.0 Å². The standard InChI is InChI=1S/C25H21F2N7O4S/c1-3-9-39(36,37)34-18-8-7-17(26)20(21(18)27)22(35)16-11-28-23-19(16)24(30-12-29-23)31-15-6-4-5-14(10-15)25-33-32-13(2)38-25/h4-8,10-12,34H,3,9H2,1-2H3,(H2,28,29,30,31). The summed E-state index contributed by atoms with van der Waals surface area (Å²) < 4.78 is 62.0. The van der Waals surface area contributed by atoms with E-state index in [9.17, 15) is 17.6 Å². The predicted molar refractivity (Wildman–Crippen MR) is 139 cm³/mol. The zero-order valence-electron chi connectivity index (χ0n) is 20.6. The lowest BCUT2D eigenvalue weighted by Gasteiger charge is -2.12. The third kappa shape index (κ3) is 5.18. The van der Waals surface area contributed by atoms with E-state index in [2.05, 4.69) is 35.2 Å². The van der Waals surface area contributed by atoms with Gasteiger partial charge in [-0.2, -0.15) is 0 Å². The first-order chi connectivity index (χ1) is 18.7. The van der Waals surface area contributed by atoms with Crippen LogP contribution in [0, 0.1) is 18.6 Å². The summed E-state index contributed by atoms with van der Waals surface area (Å²) in [6, 6.07) is 8.73. The van der Waals surface area contributed by atoms with Gasteiger partial charge in [0.1, 0.15) is 23.6 Å². The maximum atomic E-state index is 15.3. The molecule has 200 valence electrons. The first-order valence-electron chi connectivity index (χ1n) is 11.7. The Labute approximate surface area is 220 Å². The van der Waals surface area contributed by atoms with Crippen LogP contribution in [0.4, 0.5) is 26.0 Å². The molecule has 14 heteroatoms. The summed E-state index contributed by atoms with van der Waals surface area (Å²) in [4.78, 5) is 24.6. The van der Waals surface area contributed by atoms with Crippen LogP contribution >= 0.6 is 0 Å². The fourth-order valence-electron chi connectivity index (χ4n) is 3.98. The molecule has 5 aromatic rings. The Bertz CT molecular complexity index is 1820. The number of rotatable bonds is 9. The van der Waals surface area contributed by atoms with E-state index in [0.717, 1.165) is 12.1 Å². The molecule has 5 rings (SSSR count). The molecule has 0 aliphatic heterocycles. The number of aryl methyl sites for hydroxylation is 1. The molecule has 0 fully saturated rings. The van der Waals surface area contributed by atoms with Gasteiger partial charge in [0.25, 0.3) is 0 Å². The number of hydrogen-bond donors (Lipinski definition) is 3. The Hall–Kier alpha value is -4.72. The maximum Gasteiger partial charge on any atom is 0.247 e. The van der Waals surface area contributed by atoms with Gasteiger partial charge in [-0.15, -0.1) is 10.2 Å². The molecule has 2 aromatic carbocycles. The van der Waals surface area contributed by atoms with Crippen LogP contribution in [0.15, 0.2) is 53.3 Å². The molecular formula is C25H21F2N7O4S. The molecule has 0 aliphatic carbocycles.